The number of ether oxygens (including phenoxy) is 1. The van der Waals surface area contributed by atoms with Crippen molar-refractivity contribution >= 4 is 15.7 Å². The molecule has 1 aromatic carbocycles. The average molecular weight is 362 g/mol. The molecule has 1 unspecified atom stereocenters. The third kappa shape index (κ3) is 4.48. The zero-order chi connectivity index (χ0) is 17.9. The number of benzene rings is 1. The first kappa shape index (κ1) is 17.2. The van der Waals surface area contributed by atoms with Crippen LogP contribution < -0.4 is 10.1 Å². The van der Waals surface area contributed by atoms with Crippen molar-refractivity contribution in [3.63, 3.8) is 0 Å². The Labute approximate surface area is 145 Å². The predicted octanol–water partition coefficient (Wildman–Crippen LogP) is 1.91. The van der Waals surface area contributed by atoms with Gasteiger partial charge >= 0.3 is 0 Å². The Morgan fingerprint density at radius 1 is 1.36 bits per heavy atom. The molecule has 1 N–H and O–H groups in total. The van der Waals surface area contributed by atoms with Gasteiger partial charge in [-0.05, 0) is 24.3 Å². The lowest BCUT2D eigenvalue weighted by Gasteiger charge is -2.06. The fraction of sp³-hybridized carbons (Fsp3) is 0.294. The third-order valence-electron chi connectivity index (χ3n) is 3.85. The lowest BCUT2D eigenvalue weighted by molar-refractivity contribution is -0.121. The van der Waals surface area contributed by atoms with Crippen molar-refractivity contribution in [2.24, 2.45) is 5.92 Å². The molecule has 0 saturated carbocycles. The summed E-state index contributed by atoms with van der Waals surface area (Å²) in [4.78, 5) is 11.9. The predicted molar refractivity (Wildman–Crippen MR) is 91.4 cm³/mol. The van der Waals surface area contributed by atoms with Crippen LogP contribution in [0.1, 0.15) is 12.1 Å². The molecule has 0 bridgehead atoms. The molecule has 8 heteroatoms. The summed E-state index contributed by atoms with van der Waals surface area (Å²) in [5.41, 5.74) is 1.45. The van der Waals surface area contributed by atoms with Crippen LogP contribution in [-0.2, 0) is 21.2 Å². The highest BCUT2D eigenvalue weighted by Gasteiger charge is 2.23. The number of hydrogen-bond donors (Lipinski definition) is 1. The maximum absolute atomic E-state index is 11.9. The van der Waals surface area contributed by atoms with Crippen LogP contribution in [0.3, 0.4) is 0 Å². The molecule has 1 atom stereocenters. The molecule has 132 valence electrons. The number of amides is 1. The normalized spacial score (nSPS) is 18.2. The van der Waals surface area contributed by atoms with Crippen LogP contribution in [0.15, 0.2) is 46.3 Å². The van der Waals surface area contributed by atoms with E-state index in [4.69, 9.17) is 9.26 Å². The molecule has 0 spiro atoms. The van der Waals surface area contributed by atoms with Gasteiger partial charge in [0.2, 0.25) is 5.91 Å². The largest absolute Gasteiger partial charge is 0.497 e. The van der Waals surface area contributed by atoms with Gasteiger partial charge < -0.3 is 14.6 Å². The maximum Gasteiger partial charge on any atom is 0.220 e. The minimum Gasteiger partial charge on any atom is -0.497 e. The van der Waals surface area contributed by atoms with Crippen LogP contribution in [0.25, 0.3) is 11.3 Å². The first-order valence-electron chi connectivity index (χ1n) is 7.73. The Balaban J connectivity index is 1.53. The number of hydrogen-bond acceptors (Lipinski definition) is 6. The van der Waals surface area contributed by atoms with Gasteiger partial charge in [-0.1, -0.05) is 11.2 Å². The SMILES string of the molecule is COc1ccc(-c2cc(CNC(=O)CC3C=CS(=O)(=O)C3)no2)cc1. The van der Waals surface area contributed by atoms with Crippen molar-refractivity contribution in [2.75, 3.05) is 12.9 Å². The Hall–Kier alpha value is -2.61. The summed E-state index contributed by atoms with van der Waals surface area (Å²) in [5.74, 6) is 0.847. The van der Waals surface area contributed by atoms with Crippen LogP contribution in [-0.4, -0.2) is 32.3 Å². The summed E-state index contributed by atoms with van der Waals surface area (Å²) in [6, 6.07) is 9.11. The molecule has 1 amide bonds. The topological polar surface area (TPSA) is 98.5 Å². The molecule has 0 radical (unpaired) electrons. The minimum absolute atomic E-state index is 0.00794. The van der Waals surface area contributed by atoms with E-state index in [1.807, 2.05) is 24.3 Å². The van der Waals surface area contributed by atoms with E-state index in [2.05, 4.69) is 10.5 Å². The molecule has 2 heterocycles. The van der Waals surface area contributed by atoms with Gasteiger partial charge in [-0.25, -0.2) is 8.42 Å². The molecule has 1 aliphatic heterocycles. The van der Waals surface area contributed by atoms with Crippen molar-refractivity contribution in [2.45, 2.75) is 13.0 Å². The Kier molecular flexibility index (Phi) is 4.89. The zero-order valence-electron chi connectivity index (χ0n) is 13.6. The summed E-state index contributed by atoms with van der Waals surface area (Å²) >= 11 is 0. The number of carbonyl (C=O) groups excluding carboxylic acids is 1. The monoisotopic (exact) mass is 362 g/mol. The van der Waals surface area contributed by atoms with Gasteiger partial charge in [0, 0.05) is 29.4 Å². The molecule has 2 aromatic rings. The van der Waals surface area contributed by atoms with Gasteiger partial charge in [0.15, 0.2) is 15.6 Å². The standard InChI is InChI=1S/C17H18N2O5S/c1-23-15-4-2-13(3-5-15)16-9-14(19-24-16)10-18-17(20)8-12-6-7-25(21,22)11-12/h2-7,9,12H,8,10-11H2,1H3,(H,18,20). The van der Waals surface area contributed by atoms with Crippen molar-refractivity contribution < 1.29 is 22.5 Å². The van der Waals surface area contributed by atoms with Gasteiger partial charge in [0.05, 0.1) is 19.4 Å². The molecule has 0 fully saturated rings. The highest BCUT2D eigenvalue weighted by atomic mass is 32.2. The van der Waals surface area contributed by atoms with Crippen molar-refractivity contribution in [3.05, 3.63) is 47.5 Å². The fourth-order valence-corrected chi connectivity index (χ4v) is 3.95. The molecular weight excluding hydrogens is 344 g/mol. The number of aromatic nitrogens is 1. The zero-order valence-corrected chi connectivity index (χ0v) is 14.5. The third-order valence-corrected chi connectivity index (χ3v) is 5.32. The van der Waals surface area contributed by atoms with Gasteiger partial charge in [0.1, 0.15) is 11.4 Å². The van der Waals surface area contributed by atoms with Crippen LogP contribution in [0.4, 0.5) is 0 Å². The van der Waals surface area contributed by atoms with Gasteiger partial charge in [0.25, 0.3) is 0 Å². The Morgan fingerprint density at radius 2 is 2.12 bits per heavy atom. The van der Waals surface area contributed by atoms with E-state index >= 15 is 0 Å². The highest BCUT2D eigenvalue weighted by molar-refractivity contribution is 7.94. The number of nitrogens with one attached hydrogen (secondary N) is 1. The maximum atomic E-state index is 11.9. The number of sulfone groups is 1. The van der Waals surface area contributed by atoms with Crippen molar-refractivity contribution in [1.29, 1.82) is 0 Å². The van der Waals surface area contributed by atoms with E-state index < -0.39 is 9.84 Å². The number of methoxy groups -OCH3 is 1. The number of nitrogens with zero attached hydrogens (tertiary/aromatic N) is 1. The quantitative estimate of drug-likeness (QED) is 0.843. The smallest absolute Gasteiger partial charge is 0.220 e. The summed E-state index contributed by atoms with van der Waals surface area (Å²) in [5, 5.41) is 7.83. The average Bonchev–Trinajstić information content (AvgIpc) is 3.19. The number of rotatable bonds is 6. The summed E-state index contributed by atoms with van der Waals surface area (Å²) < 4.78 is 33.1. The number of carbonyl (C=O) groups is 1. The van der Waals surface area contributed by atoms with Crippen LogP contribution in [0.5, 0.6) is 5.75 Å². The second-order valence-electron chi connectivity index (χ2n) is 5.81. The molecule has 25 heavy (non-hydrogen) atoms. The summed E-state index contributed by atoms with van der Waals surface area (Å²) in [7, 11) is -1.54. The molecule has 1 aliphatic rings. The van der Waals surface area contributed by atoms with E-state index in [1.165, 1.54) is 5.41 Å². The molecule has 0 aliphatic carbocycles. The molecule has 1 aromatic heterocycles. The lowest BCUT2D eigenvalue weighted by atomic mass is 10.1. The fourth-order valence-electron chi connectivity index (χ4n) is 2.55. The van der Waals surface area contributed by atoms with Gasteiger partial charge in [-0.2, -0.15) is 0 Å². The molecule has 7 nitrogen and oxygen atoms in total. The van der Waals surface area contributed by atoms with E-state index in [9.17, 15) is 13.2 Å². The van der Waals surface area contributed by atoms with Crippen molar-refractivity contribution in [3.8, 4) is 17.1 Å². The Morgan fingerprint density at radius 3 is 2.76 bits per heavy atom. The van der Waals surface area contributed by atoms with Gasteiger partial charge in [-0.3, -0.25) is 4.79 Å². The first-order valence-corrected chi connectivity index (χ1v) is 9.44. The second-order valence-corrected chi connectivity index (χ2v) is 7.74. The first-order chi connectivity index (χ1) is 11.9. The van der Waals surface area contributed by atoms with Gasteiger partial charge in [-0.15, -0.1) is 0 Å². The molecule has 3 rings (SSSR count). The van der Waals surface area contributed by atoms with E-state index in [1.54, 1.807) is 19.3 Å². The second kappa shape index (κ2) is 7.10. The van der Waals surface area contributed by atoms with Crippen LogP contribution in [0, 0.1) is 5.92 Å². The van der Waals surface area contributed by atoms with Crippen LogP contribution >= 0.6 is 0 Å². The summed E-state index contributed by atoms with van der Waals surface area (Å²) in [6.45, 7) is 0.224. The van der Waals surface area contributed by atoms with E-state index in [0.717, 1.165) is 11.3 Å². The molecule has 0 saturated heterocycles. The summed E-state index contributed by atoms with van der Waals surface area (Å²) in [6.07, 6.45) is 1.70. The molecular formula is C17H18N2O5S. The van der Waals surface area contributed by atoms with E-state index in [-0.39, 0.29) is 30.5 Å². The minimum atomic E-state index is -3.14. The van der Waals surface area contributed by atoms with E-state index in [0.29, 0.717) is 11.5 Å². The van der Waals surface area contributed by atoms with Crippen LogP contribution in [0.2, 0.25) is 0 Å². The van der Waals surface area contributed by atoms with Crippen molar-refractivity contribution in [1.82, 2.24) is 10.5 Å². The lowest BCUT2D eigenvalue weighted by Crippen LogP contribution is -2.25. The Bertz CT molecular complexity index is 884. The highest BCUT2D eigenvalue weighted by Crippen LogP contribution is 2.23. The number of allylic oxidation sites excluding steroid dienone is 1.